The van der Waals surface area contributed by atoms with E-state index in [0.717, 1.165) is 0 Å². The fraction of sp³-hybridized carbons (Fsp3) is 0.500. The number of amides is 1. The van der Waals surface area contributed by atoms with E-state index < -0.39 is 11.7 Å². The summed E-state index contributed by atoms with van der Waals surface area (Å²) >= 11 is 0. The van der Waals surface area contributed by atoms with Crippen molar-refractivity contribution in [1.29, 1.82) is 0 Å². The highest BCUT2D eigenvalue weighted by Crippen LogP contribution is 2.19. The van der Waals surface area contributed by atoms with E-state index in [4.69, 9.17) is 10.5 Å². The minimum atomic E-state index is -0.606. The second-order valence-electron chi connectivity index (χ2n) is 5.35. The summed E-state index contributed by atoms with van der Waals surface area (Å²) in [7, 11) is 0. The fourth-order valence-electron chi connectivity index (χ4n) is 1.74. The molecule has 0 aromatic carbocycles. The maximum atomic E-state index is 11.9. The molecule has 0 saturated carbocycles. The van der Waals surface area contributed by atoms with Crippen LogP contribution < -0.4 is 5.73 Å². The first-order chi connectivity index (χ1) is 8.76. The quantitative estimate of drug-likeness (QED) is 0.750. The second kappa shape index (κ2) is 4.49. The summed E-state index contributed by atoms with van der Waals surface area (Å²) in [6.07, 6.45) is 0.857. The van der Waals surface area contributed by atoms with E-state index >= 15 is 0 Å². The fourth-order valence-corrected chi connectivity index (χ4v) is 1.74. The topological polar surface area (TPSA) is 98.4 Å². The largest absolute Gasteiger partial charge is 0.444 e. The van der Waals surface area contributed by atoms with Gasteiger partial charge in [-0.05, 0) is 20.8 Å². The molecule has 0 spiro atoms. The molecule has 7 nitrogen and oxygen atoms in total. The number of aromatic nitrogens is 2. The first kappa shape index (κ1) is 13.3. The highest BCUT2D eigenvalue weighted by atomic mass is 16.6. The molecule has 0 atom stereocenters. The number of ketones is 1. The third-order valence-corrected chi connectivity index (χ3v) is 2.51. The number of carbonyl (C=O) groups excluding carboxylic acids is 2. The number of nitrogen functional groups attached to an aromatic ring is 1. The number of nitrogens with two attached hydrogens (primary N) is 1. The van der Waals surface area contributed by atoms with Gasteiger partial charge in [-0.25, -0.2) is 14.8 Å². The minimum Gasteiger partial charge on any atom is -0.444 e. The van der Waals surface area contributed by atoms with Gasteiger partial charge >= 0.3 is 6.09 Å². The number of ether oxygens (including phenoxy) is 1. The molecule has 1 aliphatic heterocycles. The molecule has 0 radical (unpaired) electrons. The number of hydrogen-bond donors (Lipinski definition) is 1. The van der Waals surface area contributed by atoms with Crippen molar-refractivity contribution in [1.82, 2.24) is 14.9 Å². The van der Waals surface area contributed by atoms with E-state index in [1.54, 1.807) is 20.8 Å². The predicted molar refractivity (Wildman–Crippen MR) is 67.4 cm³/mol. The van der Waals surface area contributed by atoms with Crippen LogP contribution in [-0.4, -0.2) is 38.9 Å². The maximum Gasteiger partial charge on any atom is 0.411 e. The molecule has 0 fully saturated rings. The first-order valence-electron chi connectivity index (χ1n) is 5.89. The summed E-state index contributed by atoms with van der Waals surface area (Å²) < 4.78 is 5.23. The van der Waals surface area contributed by atoms with E-state index in [1.807, 2.05) is 0 Å². The summed E-state index contributed by atoms with van der Waals surface area (Å²) in [5, 5.41) is 0. The number of anilines is 1. The lowest BCUT2D eigenvalue weighted by Crippen LogP contribution is -2.42. The monoisotopic (exact) mass is 264 g/mol. The van der Waals surface area contributed by atoms with E-state index in [-0.39, 0.29) is 24.8 Å². The van der Waals surface area contributed by atoms with Crippen molar-refractivity contribution in [3.8, 4) is 0 Å². The Morgan fingerprint density at radius 2 is 2.11 bits per heavy atom. The highest BCUT2D eigenvalue weighted by molar-refractivity contribution is 6.00. The van der Waals surface area contributed by atoms with Gasteiger partial charge in [-0.1, -0.05) is 0 Å². The predicted octanol–water partition coefficient (Wildman–Crippen LogP) is 0.992. The van der Waals surface area contributed by atoms with Crippen LogP contribution in [0.15, 0.2) is 6.20 Å². The van der Waals surface area contributed by atoms with Crippen LogP contribution in [0.2, 0.25) is 0 Å². The zero-order valence-electron chi connectivity index (χ0n) is 11.1. The Hall–Kier alpha value is -2.18. The van der Waals surface area contributed by atoms with E-state index in [9.17, 15) is 9.59 Å². The zero-order valence-corrected chi connectivity index (χ0v) is 11.1. The summed E-state index contributed by atoms with van der Waals surface area (Å²) in [6.45, 7) is 5.47. The van der Waals surface area contributed by atoms with Gasteiger partial charge in [0, 0.05) is 6.20 Å². The average Bonchev–Trinajstić information content (AvgIpc) is 2.25. The van der Waals surface area contributed by atoms with Crippen molar-refractivity contribution < 1.29 is 14.3 Å². The van der Waals surface area contributed by atoms with Gasteiger partial charge in [0.15, 0.2) is 5.78 Å². The Morgan fingerprint density at radius 3 is 2.74 bits per heavy atom. The smallest absolute Gasteiger partial charge is 0.411 e. The van der Waals surface area contributed by atoms with Gasteiger partial charge in [0.2, 0.25) is 5.95 Å². The summed E-state index contributed by atoms with van der Waals surface area (Å²) in [5.74, 6) is -0.135. The van der Waals surface area contributed by atoms with Crippen molar-refractivity contribution in [2.24, 2.45) is 0 Å². The van der Waals surface area contributed by atoms with Gasteiger partial charge in [-0.15, -0.1) is 0 Å². The van der Waals surface area contributed by atoms with Gasteiger partial charge in [0.1, 0.15) is 5.60 Å². The SMILES string of the molecule is CC(C)(C)OC(=O)N1CC(=O)c2cnc(N)nc2C1. The third-order valence-electron chi connectivity index (χ3n) is 2.51. The average molecular weight is 264 g/mol. The first-order valence-corrected chi connectivity index (χ1v) is 5.89. The van der Waals surface area contributed by atoms with Crippen LogP contribution in [-0.2, 0) is 11.3 Å². The lowest BCUT2D eigenvalue weighted by Gasteiger charge is -2.29. The number of Topliss-reactive ketones (excluding diaryl/α,β-unsaturated/α-hetero) is 1. The summed E-state index contributed by atoms with van der Waals surface area (Å²) in [5.41, 5.74) is 5.74. The standard InChI is InChI=1S/C12H16N4O3/c1-12(2,3)19-11(18)16-5-8-7(9(17)6-16)4-14-10(13)15-8/h4H,5-6H2,1-3H3,(H2,13,14,15). The van der Waals surface area contributed by atoms with Crippen molar-refractivity contribution in [3.63, 3.8) is 0 Å². The molecule has 0 bridgehead atoms. The van der Waals surface area contributed by atoms with Crippen LogP contribution >= 0.6 is 0 Å². The van der Waals surface area contributed by atoms with Gasteiger partial charge in [0.05, 0.1) is 24.3 Å². The van der Waals surface area contributed by atoms with E-state index in [2.05, 4.69) is 9.97 Å². The molecule has 1 amide bonds. The number of nitrogens with zero attached hydrogens (tertiary/aromatic N) is 3. The molecule has 1 aromatic heterocycles. The summed E-state index contributed by atoms with van der Waals surface area (Å²) in [4.78, 5) is 32.9. The van der Waals surface area contributed by atoms with Crippen molar-refractivity contribution in [2.75, 3.05) is 12.3 Å². The maximum absolute atomic E-state index is 11.9. The molecule has 2 heterocycles. The van der Waals surface area contributed by atoms with Gasteiger partial charge < -0.3 is 10.5 Å². The van der Waals surface area contributed by atoms with E-state index in [1.165, 1.54) is 11.1 Å². The molecule has 19 heavy (non-hydrogen) atoms. The van der Waals surface area contributed by atoms with Crippen LogP contribution in [0.4, 0.5) is 10.7 Å². The van der Waals surface area contributed by atoms with Crippen LogP contribution in [0.1, 0.15) is 36.8 Å². The molecule has 0 unspecified atom stereocenters. The Balaban J connectivity index is 2.21. The Labute approximate surface area is 110 Å². The van der Waals surface area contributed by atoms with Crippen molar-refractivity contribution in [3.05, 3.63) is 17.5 Å². The molecule has 102 valence electrons. The summed E-state index contributed by atoms with van der Waals surface area (Å²) in [6, 6.07) is 0. The lowest BCUT2D eigenvalue weighted by atomic mass is 10.1. The molecule has 0 aliphatic carbocycles. The number of hydrogen-bond acceptors (Lipinski definition) is 6. The molecule has 7 heteroatoms. The normalized spacial score (nSPS) is 15.1. The van der Waals surface area contributed by atoms with Crippen LogP contribution in [0.5, 0.6) is 0 Å². The van der Waals surface area contributed by atoms with Gasteiger partial charge in [-0.3, -0.25) is 9.69 Å². The van der Waals surface area contributed by atoms with Gasteiger partial charge in [0.25, 0.3) is 0 Å². The molecular weight excluding hydrogens is 248 g/mol. The highest BCUT2D eigenvalue weighted by Gasteiger charge is 2.30. The van der Waals surface area contributed by atoms with Crippen LogP contribution in [0, 0.1) is 0 Å². The Morgan fingerprint density at radius 1 is 1.42 bits per heavy atom. The minimum absolute atomic E-state index is 0.0325. The van der Waals surface area contributed by atoms with Crippen molar-refractivity contribution >= 4 is 17.8 Å². The number of carbonyl (C=O) groups is 2. The Kier molecular flexibility index (Phi) is 3.13. The third kappa shape index (κ3) is 2.98. The van der Waals surface area contributed by atoms with Crippen molar-refractivity contribution in [2.45, 2.75) is 32.9 Å². The Bertz CT molecular complexity index is 536. The lowest BCUT2D eigenvalue weighted by molar-refractivity contribution is 0.0217. The van der Waals surface area contributed by atoms with E-state index in [0.29, 0.717) is 11.3 Å². The molecule has 0 saturated heterocycles. The molecule has 1 aliphatic rings. The number of rotatable bonds is 0. The second-order valence-corrected chi connectivity index (χ2v) is 5.35. The molecule has 2 rings (SSSR count). The van der Waals surface area contributed by atoms with Crippen LogP contribution in [0.25, 0.3) is 0 Å². The molecule has 1 aromatic rings. The van der Waals surface area contributed by atoms with Gasteiger partial charge in [-0.2, -0.15) is 0 Å². The molecular formula is C12H16N4O3. The molecule has 2 N–H and O–H groups in total. The van der Waals surface area contributed by atoms with Crippen LogP contribution in [0.3, 0.4) is 0 Å². The zero-order chi connectivity index (χ0) is 14.2. The number of fused-ring (bicyclic) bond motifs is 1.